The van der Waals surface area contributed by atoms with Crippen molar-refractivity contribution in [2.24, 2.45) is 0 Å². The van der Waals surface area contributed by atoms with E-state index in [-0.39, 0.29) is 0 Å². The minimum absolute atomic E-state index is 0.445. The third-order valence-electron chi connectivity index (χ3n) is 4.25. The van der Waals surface area contributed by atoms with Gasteiger partial charge < -0.3 is 4.42 Å². The second-order valence-corrected chi connectivity index (χ2v) is 6.95. The summed E-state index contributed by atoms with van der Waals surface area (Å²) in [6.07, 6.45) is 0. The quantitative estimate of drug-likeness (QED) is 0.342. The number of halogens is 3. The zero-order valence-electron chi connectivity index (χ0n) is 13.2. The second kappa shape index (κ2) is 6.42. The normalized spacial score (nSPS) is 11.2. The van der Waals surface area contributed by atoms with Crippen LogP contribution in [0.5, 0.6) is 0 Å². The first kappa shape index (κ1) is 16.5. The highest BCUT2D eigenvalue weighted by Crippen LogP contribution is 2.41. The Bertz CT molecular complexity index is 1080. The molecule has 0 bridgehead atoms. The van der Waals surface area contributed by atoms with Crippen molar-refractivity contribution >= 4 is 45.8 Å². The Balaban J connectivity index is 1.93. The maximum absolute atomic E-state index is 6.33. The molecule has 3 aromatic carbocycles. The molecule has 0 unspecified atom stereocenters. The third-order valence-corrected chi connectivity index (χ3v) is 5.19. The number of furan rings is 1. The van der Waals surface area contributed by atoms with Gasteiger partial charge in [-0.1, -0.05) is 71.2 Å². The minimum Gasteiger partial charge on any atom is -0.456 e. The van der Waals surface area contributed by atoms with Gasteiger partial charge in [-0.3, -0.25) is 0 Å². The zero-order chi connectivity index (χ0) is 17.6. The number of fused-ring (bicyclic) bond motifs is 1. The van der Waals surface area contributed by atoms with Gasteiger partial charge in [-0.25, -0.2) is 0 Å². The summed E-state index contributed by atoms with van der Waals surface area (Å²) in [5.74, 6) is 0.665. The number of rotatable bonds is 2. The Labute approximate surface area is 160 Å². The molecule has 0 fully saturated rings. The van der Waals surface area contributed by atoms with E-state index < -0.39 is 0 Å². The van der Waals surface area contributed by atoms with Crippen LogP contribution in [-0.2, 0) is 0 Å². The number of benzene rings is 3. The lowest BCUT2D eigenvalue weighted by molar-refractivity contribution is 0.629. The summed E-state index contributed by atoms with van der Waals surface area (Å²) in [4.78, 5) is 0. The van der Waals surface area contributed by atoms with Crippen molar-refractivity contribution < 1.29 is 4.42 Å². The van der Waals surface area contributed by atoms with Crippen LogP contribution in [0.25, 0.3) is 33.4 Å². The molecule has 123 valence electrons. The van der Waals surface area contributed by atoms with Gasteiger partial charge in [0.2, 0.25) is 0 Å². The van der Waals surface area contributed by atoms with Crippen molar-refractivity contribution in [2.75, 3.05) is 0 Å². The predicted octanol–water partition coefficient (Wildman–Crippen LogP) is 7.84. The second-order valence-electron chi connectivity index (χ2n) is 5.76. The third kappa shape index (κ3) is 2.83. The highest BCUT2D eigenvalue weighted by Gasteiger charge is 2.18. The van der Waals surface area contributed by atoms with Crippen LogP contribution in [0.4, 0.5) is 0 Å². The summed E-state index contributed by atoms with van der Waals surface area (Å²) < 4.78 is 6.12. The van der Waals surface area contributed by atoms with E-state index in [1.54, 1.807) is 12.1 Å². The Morgan fingerprint density at radius 2 is 1.72 bits per heavy atom. The Kier molecular flexibility index (Phi) is 4.24. The molecule has 25 heavy (non-hydrogen) atoms. The van der Waals surface area contributed by atoms with Gasteiger partial charge in [0.15, 0.2) is 0 Å². The molecule has 0 spiro atoms. The zero-order valence-corrected chi connectivity index (χ0v) is 15.5. The average molecular weight is 387 g/mol. The van der Waals surface area contributed by atoms with Crippen molar-refractivity contribution in [2.45, 2.75) is 6.92 Å². The molecule has 4 heteroatoms. The maximum Gasteiger partial charge on any atom is 0.141 e. The standard InChI is InChI=1S/C21H12Cl3O/c1-12-14-10-9-13(15-5-2-3-6-16(15)22)11-19(14)25-21(12)20-17(23)7-4-8-18(20)24/h2-7,9-11H,1H3. The Morgan fingerprint density at radius 3 is 2.48 bits per heavy atom. The first-order valence-electron chi connectivity index (χ1n) is 7.70. The average Bonchev–Trinajstić information content (AvgIpc) is 2.91. The van der Waals surface area contributed by atoms with Gasteiger partial charge in [-0.05, 0) is 30.7 Å². The molecule has 0 aliphatic rings. The monoisotopic (exact) mass is 385 g/mol. The first-order chi connectivity index (χ1) is 12.1. The predicted molar refractivity (Wildman–Crippen MR) is 106 cm³/mol. The fraction of sp³-hybridized carbons (Fsp3) is 0.0476. The number of hydrogen-bond donors (Lipinski definition) is 0. The molecule has 4 rings (SSSR count). The molecule has 1 heterocycles. The first-order valence-corrected chi connectivity index (χ1v) is 8.84. The molecule has 1 radical (unpaired) electrons. The summed E-state index contributed by atoms with van der Waals surface area (Å²) in [6.45, 7) is 2.00. The van der Waals surface area contributed by atoms with E-state index in [9.17, 15) is 0 Å². The summed E-state index contributed by atoms with van der Waals surface area (Å²) in [5, 5.41) is 2.70. The fourth-order valence-corrected chi connectivity index (χ4v) is 3.77. The lowest BCUT2D eigenvalue weighted by Gasteiger charge is -2.04. The van der Waals surface area contributed by atoms with E-state index in [1.165, 1.54) is 0 Å². The van der Waals surface area contributed by atoms with Crippen molar-refractivity contribution in [3.05, 3.63) is 81.3 Å². The van der Waals surface area contributed by atoms with Crippen LogP contribution in [-0.4, -0.2) is 0 Å². The van der Waals surface area contributed by atoms with Crippen molar-refractivity contribution in [1.29, 1.82) is 0 Å². The lowest BCUT2D eigenvalue weighted by atomic mass is 10.0. The number of aryl methyl sites for hydroxylation is 1. The minimum atomic E-state index is 0.445. The lowest BCUT2D eigenvalue weighted by Crippen LogP contribution is -1.82. The molecular weight excluding hydrogens is 375 g/mol. The molecule has 0 aliphatic heterocycles. The molecule has 1 aromatic heterocycles. The van der Waals surface area contributed by atoms with E-state index in [1.807, 2.05) is 49.4 Å². The molecule has 0 N–H and O–H groups in total. The Morgan fingerprint density at radius 1 is 0.920 bits per heavy atom. The molecule has 0 atom stereocenters. The van der Waals surface area contributed by atoms with Crippen LogP contribution in [0.15, 0.2) is 59.0 Å². The van der Waals surface area contributed by atoms with Crippen molar-refractivity contribution in [3.63, 3.8) is 0 Å². The van der Waals surface area contributed by atoms with Gasteiger partial charge in [-0.15, -0.1) is 0 Å². The van der Waals surface area contributed by atoms with Crippen molar-refractivity contribution in [3.8, 4) is 22.5 Å². The number of hydrogen-bond acceptors (Lipinski definition) is 1. The van der Waals surface area contributed by atoms with Crippen LogP contribution in [0.1, 0.15) is 5.56 Å². The molecular formula is C21H12Cl3O. The van der Waals surface area contributed by atoms with Gasteiger partial charge in [0.05, 0.1) is 15.6 Å². The van der Waals surface area contributed by atoms with Crippen LogP contribution < -0.4 is 0 Å². The van der Waals surface area contributed by atoms with E-state index in [0.29, 0.717) is 26.4 Å². The highest BCUT2D eigenvalue weighted by molar-refractivity contribution is 6.39. The van der Waals surface area contributed by atoms with Crippen LogP contribution >= 0.6 is 34.8 Å². The largest absolute Gasteiger partial charge is 0.456 e. The van der Waals surface area contributed by atoms with Crippen LogP contribution in [0.3, 0.4) is 0 Å². The SMILES string of the molecule is Cc1c(-c2c(Cl)[c]ccc2Cl)oc2cc(-c3ccccc3Cl)ccc12. The van der Waals surface area contributed by atoms with Crippen LogP contribution in [0, 0.1) is 13.0 Å². The molecule has 1 nitrogen and oxygen atoms in total. The van der Waals surface area contributed by atoms with E-state index >= 15 is 0 Å². The van der Waals surface area contributed by atoms with E-state index in [0.717, 1.165) is 27.7 Å². The van der Waals surface area contributed by atoms with E-state index in [4.69, 9.17) is 39.2 Å². The summed E-state index contributed by atoms with van der Waals surface area (Å²) in [7, 11) is 0. The molecule has 0 aliphatic carbocycles. The smallest absolute Gasteiger partial charge is 0.141 e. The topological polar surface area (TPSA) is 13.1 Å². The van der Waals surface area contributed by atoms with Gasteiger partial charge in [0.25, 0.3) is 0 Å². The summed E-state index contributed by atoms with van der Waals surface area (Å²) in [5.41, 5.74) is 4.38. The van der Waals surface area contributed by atoms with Gasteiger partial charge in [-0.2, -0.15) is 0 Å². The van der Waals surface area contributed by atoms with E-state index in [2.05, 4.69) is 6.07 Å². The fourth-order valence-electron chi connectivity index (χ4n) is 2.98. The molecule has 4 aromatic rings. The summed E-state index contributed by atoms with van der Waals surface area (Å²) in [6, 6.07) is 20.2. The Hall–Kier alpha value is -1.93. The van der Waals surface area contributed by atoms with Gasteiger partial charge in [0, 0.05) is 27.6 Å². The van der Waals surface area contributed by atoms with Gasteiger partial charge >= 0.3 is 0 Å². The van der Waals surface area contributed by atoms with Gasteiger partial charge in [0.1, 0.15) is 11.3 Å². The highest BCUT2D eigenvalue weighted by atomic mass is 35.5. The molecule has 0 amide bonds. The van der Waals surface area contributed by atoms with Crippen molar-refractivity contribution in [1.82, 2.24) is 0 Å². The summed E-state index contributed by atoms with van der Waals surface area (Å²) >= 11 is 18.9. The van der Waals surface area contributed by atoms with Crippen LogP contribution in [0.2, 0.25) is 15.1 Å². The molecule has 0 saturated heterocycles. The molecule has 0 saturated carbocycles. The maximum atomic E-state index is 6.33.